The summed E-state index contributed by atoms with van der Waals surface area (Å²) in [4.78, 5) is 29.6. The number of aryl methyl sites for hydroxylation is 1. The molecule has 3 rings (SSSR count). The van der Waals surface area contributed by atoms with E-state index in [0.717, 1.165) is 24.0 Å². The number of methoxy groups -OCH3 is 2. The number of hydrogen-bond acceptors (Lipinski definition) is 5. The van der Waals surface area contributed by atoms with Gasteiger partial charge in [-0.15, -0.1) is 0 Å². The molecule has 1 amide bonds. The maximum atomic E-state index is 13.1. The number of H-pyrrole nitrogens is 1. The lowest BCUT2D eigenvalue weighted by Gasteiger charge is -2.26. The maximum Gasteiger partial charge on any atom is 0.266 e. The summed E-state index contributed by atoms with van der Waals surface area (Å²) in [6.45, 7) is 4.28. The molecule has 7 heteroatoms. The number of carbonyl (C=O) groups is 1. The first-order valence-electron chi connectivity index (χ1n) is 10.0. The Kier molecular flexibility index (Phi) is 6.46. The third-order valence-electron chi connectivity index (χ3n) is 5.87. The van der Waals surface area contributed by atoms with Crippen LogP contribution in [0.2, 0.25) is 0 Å². The minimum absolute atomic E-state index is 0.00440. The van der Waals surface area contributed by atoms with E-state index in [0.29, 0.717) is 42.1 Å². The topological polar surface area (TPSA) is 95.4 Å². The molecule has 0 radical (unpaired) electrons. The Hall–Kier alpha value is -3.27. The predicted molar refractivity (Wildman–Crippen MR) is 113 cm³/mol. The highest BCUT2D eigenvalue weighted by Gasteiger charge is 2.30. The van der Waals surface area contributed by atoms with E-state index in [1.807, 2.05) is 29.2 Å². The van der Waals surface area contributed by atoms with E-state index in [1.165, 1.54) is 0 Å². The lowest BCUT2D eigenvalue weighted by Crippen LogP contribution is -2.31. The van der Waals surface area contributed by atoms with Crippen LogP contribution in [0.3, 0.4) is 0 Å². The van der Waals surface area contributed by atoms with Gasteiger partial charge in [0.15, 0.2) is 11.5 Å². The molecule has 1 aliphatic rings. The molecule has 2 aromatic rings. The number of hydrogen-bond donors (Lipinski definition) is 1. The quantitative estimate of drug-likeness (QED) is 0.791. The summed E-state index contributed by atoms with van der Waals surface area (Å²) in [5.74, 6) is 1.38. The SMILES string of the molecule is COc1ccc(C2CCCN2C(=O)CCc2c(C)[nH]c(=O)c(C#N)c2C)cc1OC. The molecule has 0 aliphatic carbocycles. The number of carbonyl (C=O) groups excluding carboxylic acids is 1. The lowest BCUT2D eigenvalue weighted by atomic mass is 9.98. The number of ether oxygens (including phenoxy) is 2. The average Bonchev–Trinajstić information content (AvgIpc) is 3.23. The number of aromatic amines is 1. The van der Waals surface area contributed by atoms with Crippen molar-refractivity contribution in [3.8, 4) is 17.6 Å². The molecule has 158 valence electrons. The van der Waals surface area contributed by atoms with Gasteiger partial charge in [0, 0.05) is 18.7 Å². The minimum Gasteiger partial charge on any atom is -0.493 e. The van der Waals surface area contributed by atoms with Gasteiger partial charge >= 0.3 is 0 Å². The van der Waals surface area contributed by atoms with Gasteiger partial charge in [-0.25, -0.2) is 0 Å². The first-order valence-corrected chi connectivity index (χ1v) is 10.0. The van der Waals surface area contributed by atoms with Gasteiger partial charge in [0.1, 0.15) is 11.6 Å². The van der Waals surface area contributed by atoms with Crippen LogP contribution in [-0.2, 0) is 11.2 Å². The van der Waals surface area contributed by atoms with E-state index in [4.69, 9.17) is 9.47 Å². The van der Waals surface area contributed by atoms with E-state index < -0.39 is 0 Å². The average molecular weight is 409 g/mol. The third-order valence-corrected chi connectivity index (χ3v) is 5.87. The molecular formula is C23H27N3O4. The maximum absolute atomic E-state index is 13.1. The van der Waals surface area contributed by atoms with Crippen LogP contribution in [0.4, 0.5) is 0 Å². The molecule has 30 heavy (non-hydrogen) atoms. The molecule has 7 nitrogen and oxygen atoms in total. The van der Waals surface area contributed by atoms with Gasteiger partial charge in [0.25, 0.3) is 5.56 Å². The van der Waals surface area contributed by atoms with E-state index in [2.05, 4.69) is 4.98 Å². The van der Waals surface area contributed by atoms with Gasteiger partial charge < -0.3 is 19.4 Å². The zero-order chi connectivity index (χ0) is 21.8. The molecule has 1 aromatic carbocycles. The van der Waals surface area contributed by atoms with Gasteiger partial charge in [-0.3, -0.25) is 9.59 Å². The zero-order valence-electron chi connectivity index (χ0n) is 17.9. The highest BCUT2D eigenvalue weighted by molar-refractivity contribution is 5.77. The lowest BCUT2D eigenvalue weighted by molar-refractivity contribution is -0.132. The van der Waals surface area contributed by atoms with Crippen molar-refractivity contribution >= 4 is 5.91 Å². The van der Waals surface area contributed by atoms with Crippen LogP contribution in [0.5, 0.6) is 11.5 Å². The van der Waals surface area contributed by atoms with Crippen LogP contribution in [0.1, 0.15) is 53.3 Å². The molecule has 0 bridgehead atoms. The highest BCUT2D eigenvalue weighted by atomic mass is 16.5. The minimum atomic E-state index is -0.379. The molecule has 1 atom stereocenters. The number of amides is 1. The van der Waals surface area contributed by atoms with Crippen LogP contribution in [0.25, 0.3) is 0 Å². The van der Waals surface area contributed by atoms with Gasteiger partial charge in [0.2, 0.25) is 5.91 Å². The highest BCUT2D eigenvalue weighted by Crippen LogP contribution is 2.37. The molecular weight excluding hydrogens is 382 g/mol. The Morgan fingerprint density at radius 2 is 2.00 bits per heavy atom. The van der Waals surface area contributed by atoms with Crippen LogP contribution >= 0.6 is 0 Å². The Bertz CT molecular complexity index is 1050. The Morgan fingerprint density at radius 3 is 2.67 bits per heavy atom. The van der Waals surface area contributed by atoms with Crippen molar-refractivity contribution in [1.82, 2.24) is 9.88 Å². The second kappa shape index (κ2) is 9.04. The number of benzene rings is 1. The van der Waals surface area contributed by atoms with E-state index in [-0.39, 0.29) is 23.1 Å². The number of rotatable bonds is 6. The summed E-state index contributed by atoms with van der Waals surface area (Å²) >= 11 is 0. The second-order valence-electron chi connectivity index (χ2n) is 7.53. The van der Waals surface area contributed by atoms with Crippen LogP contribution in [0, 0.1) is 25.2 Å². The third kappa shape index (κ3) is 4.04. The summed E-state index contributed by atoms with van der Waals surface area (Å²) in [5, 5.41) is 9.24. The molecule has 1 unspecified atom stereocenters. The van der Waals surface area contributed by atoms with Crippen molar-refractivity contribution in [1.29, 1.82) is 5.26 Å². The van der Waals surface area contributed by atoms with E-state index >= 15 is 0 Å². The molecule has 1 aromatic heterocycles. The fourth-order valence-electron chi connectivity index (χ4n) is 4.27. The van der Waals surface area contributed by atoms with Crippen molar-refractivity contribution in [2.45, 2.75) is 45.6 Å². The van der Waals surface area contributed by atoms with Gasteiger partial charge in [0.05, 0.1) is 20.3 Å². The second-order valence-corrected chi connectivity index (χ2v) is 7.53. The van der Waals surface area contributed by atoms with Crippen LogP contribution < -0.4 is 15.0 Å². The Morgan fingerprint density at radius 1 is 1.27 bits per heavy atom. The number of likely N-dealkylation sites (tertiary alicyclic amines) is 1. The molecule has 1 N–H and O–H groups in total. The number of pyridine rings is 1. The van der Waals surface area contributed by atoms with Crippen LogP contribution in [0.15, 0.2) is 23.0 Å². The first-order chi connectivity index (χ1) is 14.4. The smallest absolute Gasteiger partial charge is 0.266 e. The van der Waals surface area contributed by atoms with Crippen molar-refractivity contribution in [3.05, 3.63) is 56.5 Å². The van der Waals surface area contributed by atoms with Crippen molar-refractivity contribution in [3.63, 3.8) is 0 Å². The monoisotopic (exact) mass is 409 g/mol. The summed E-state index contributed by atoms with van der Waals surface area (Å²) in [6, 6.07) is 7.75. The van der Waals surface area contributed by atoms with Gasteiger partial charge in [-0.2, -0.15) is 5.26 Å². The van der Waals surface area contributed by atoms with Gasteiger partial charge in [-0.05, 0) is 61.9 Å². The summed E-state index contributed by atoms with van der Waals surface area (Å²) in [7, 11) is 3.20. The number of nitrogens with zero attached hydrogens (tertiary/aromatic N) is 2. The molecule has 1 fully saturated rings. The van der Waals surface area contributed by atoms with E-state index in [9.17, 15) is 14.9 Å². The normalized spacial score (nSPS) is 15.7. The molecule has 1 aliphatic heterocycles. The Labute approximate surface area is 176 Å². The number of nitrogens with one attached hydrogen (secondary N) is 1. The molecule has 0 spiro atoms. The van der Waals surface area contributed by atoms with Crippen molar-refractivity contribution < 1.29 is 14.3 Å². The molecule has 2 heterocycles. The van der Waals surface area contributed by atoms with Gasteiger partial charge in [-0.1, -0.05) is 6.07 Å². The first kappa shape index (κ1) is 21.4. The standard InChI is InChI=1S/C23H27N3O4/c1-14-17(15(2)25-23(28)18(14)13-24)8-10-22(27)26-11-5-6-19(26)16-7-9-20(29-3)21(12-16)30-4/h7,9,12,19H,5-6,8,10-11H2,1-4H3,(H,25,28). The summed E-state index contributed by atoms with van der Waals surface area (Å²) in [6.07, 6.45) is 2.65. The Balaban J connectivity index is 1.78. The number of aromatic nitrogens is 1. The van der Waals surface area contributed by atoms with Crippen molar-refractivity contribution in [2.24, 2.45) is 0 Å². The van der Waals surface area contributed by atoms with Crippen LogP contribution in [-0.4, -0.2) is 36.6 Å². The largest absolute Gasteiger partial charge is 0.493 e. The molecule has 0 saturated carbocycles. The predicted octanol–water partition coefficient (Wildman–Crippen LogP) is 3.18. The summed E-state index contributed by atoms with van der Waals surface area (Å²) in [5.41, 5.74) is 3.00. The fraction of sp³-hybridized carbons (Fsp3) is 0.435. The van der Waals surface area contributed by atoms with E-state index in [1.54, 1.807) is 28.1 Å². The zero-order valence-corrected chi connectivity index (χ0v) is 17.9. The molecule has 1 saturated heterocycles. The number of nitriles is 1. The van der Waals surface area contributed by atoms with Crippen molar-refractivity contribution in [2.75, 3.05) is 20.8 Å². The fourth-order valence-corrected chi connectivity index (χ4v) is 4.27. The summed E-state index contributed by atoms with van der Waals surface area (Å²) < 4.78 is 10.7.